The highest BCUT2D eigenvalue weighted by molar-refractivity contribution is 9.10. The highest BCUT2D eigenvalue weighted by Gasteiger charge is 2.12. The van der Waals surface area contributed by atoms with Gasteiger partial charge in [0, 0.05) is 15.8 Å². The van der Waals surface area contributed by atoms with Crippen molar-refractivity contribution in [3.8, 4) is 0 Å². The molecule has 0 heterocycles. The molecule has 0 saturated heterocycles. The molecule has 0 aliphatic rings. The van der Waals surface area contributed by atoms with E-state index in [1.807, 2.05) is 13.0 Å². The smallest absolute Gasteiger partial charge is 0.233 e. The Balaban J connectivity index is 1.94. The van der Waals surface area contributed by atoms with E-state index in [0.29, 0.717) is 11.4 Å². The second-order valence-electron chi connectivity index (χ2n) is 4.86. The van der Waals surface area contributed by atoms with Crippen molar-refractivity contribution < 1.29 is 14.0 Å². The van der Waals surface area contributed by atoms with E-state index in [1.54, 1.807) is 12.1 Å². The summed E-state index contributed by atoms with van der Waals surface area (Å²) >= 11 is 8.97. The van der Waals surface area contributed by atoms with Crippen LogP contribution in [0.5, 0.6) is 0 Å². The van der Waals surface area contributed by atoms with Crippen LogP contribution in [0.3, 0.4) is 0 Å². The fourth-order valence-electron chi connectivity index (χ4n) is 1.89. The van der Waals surface area contributed by atoms with E-state index in [0.717, 1.165) is 16.1 Å². The van der Waals surface area contributed by atoms with Crippen molar-refractivity contribution in [2.45, 2.75) is 13.3 Å². The number of hydrogen-bond donors (Lipinski definition) is 2. The van der Waals surface area contributed by atoms with Gasteiger partial charge in [0.2, 0.25) is 11.8 Å². The fraction of sp³-hybridized carbons (Fsp3) is 0.125. The molecule has 0 spiro atoms. The molecule has 2 aromatic rings. The summed E-state index contributed by atoms with van der Waals surface area (Å²) in [5.74, 6) is -1.53. The summed E-state index contributed by atoms with van der Waals surface area (Å²) in [6.45, 7) is 1.85. The number of carbonyl (C=O) groups excluding carboxylic acids is 2. The molecular weight excluding hydrogens is 387 g/mol. The van der Waals surface area contributed by atoms with Crippen LogP contribution in [-0.4, -0.2) is 11.8 Å². The van der Waals surface area contributed by atoms with Crippen molar-refractivity contribution in [3.05, 3.63) is 57.3 Å². The second kappa shape index (κ2) is 7.57. The number of halogens is 3. The Kier molecular flexibility index (Phi) is 5.74. The number of anilines is 2. The van der Waals surface area contributed by atoms with E-state index < -0.39 is 17.6 Å². The molecule has 4 nitrogen and oxygen atoms in total. The minimum absolute atomic E-state index is 0.0993. The third-order valence-corrected chi connectivity index (χ3v) is 3.77. The molecule has 0 aromatic heterocycles. The molecule has 0 radical (unpaired) electrons. The minimum atomic E-state index is -0.576. The zero-order valence-corrected chi connectivity index (χ0v) is 14.5. The van der Waals surface area contributed by atoms with Crippen LogP contribution < -0.4 is 10.6 Å². The average Bonchev–Trinajstić information content (AvgIpc) is 2.46. The van der Waals surface area contributed by atoms with Gasteiger partial charge < -0.3 is 10.6 Å². The first-order chi connectivity index (χ1) is 10.8. The molecule has 0 saturated carbocycles. The maximum absolute atomic E-state index is 13.0. The summed E-state index contributed by atoms with van der Waals surface area (Å²) in [5.41, 5.74) is 1.84. The zero-order valence-electron chi connectivity index (χ0n) is 12.1. The lowest BCUT2D eigenvalue weighted by Crippen LogP contribution is -2.21. The summed E-state index contributed by atoms with van der Waals surface area (Å²) in [7, 11) is 0. The predicted octanol–water partition coefficient (Wildman–Crippen LogP) is 4.52. The molecule has 0 aliphatic carbocycles. The largest absolute Gasteiger partial charge is 0.326 e. The lowest BCUT2D eigenvalue weighted by atomic mass is 10.2. The van der Waals surface area contributed by atoms with Gasteiger partial charge in [-0.15, -0.1) is 0 Å². The SMILES string of the molecule is Cc1cc(Br)ccc1NC(=O)CC(=O)Nc1ccc(F)c(Cl)c1. The summed E-state index contributed by atoms with van der Waals surface area (Å²) in [6.07, 6.45) is -0.357. The Morgan fingerprint density at radius 1 is 1.13 bits per heavy atom. The van der Waals surface area contributed by atoms with E-state index in [1.165, 1.54) is 12.1 Å². The van der Waals surface area contributed by atoms with E-state index in [2.05, 4.69) is 26.6 Å². The van der Waals surface area contributed by atoms with Crippen molar-refractivity contribution in [1.29, 1.82) is 0 Å². The van der Waals surface area contributed by atoms with Crippen LogP contribution in [0.25, 0.3) is 0 Å². The minimum Gasteiger partial charge on any atom is -0.326 e. The molecule has 0 unspecified atom stereocenters. The third kappa shape index (κ3) is 5.04. The van der Waals surface area contributed by atoms with Crippen LogP contribution in [0.2, 0.25) is 5.02 Å². The normalized spacial score (nSPS) is 10.3. The Morgan fingerprint density at radius 3 is 2.48 bits per heavy atom. The zero-order chi connectivity index (χ0) is 17.0. The van der Waals surface area contributed by atoms with E-state index in [9.17, 15) is 14.0 Å². The Hall–Kier alpha value is -1.92. The third-order valence-electron chi connectivity index (χ3n) is 2.99. The highest BCUT2D eigenvalue weighted by atomic mass is 79.9. The maximum Gasteiger partial charge on any atom is 0.233 e. The van der Waals surface area contributed by atoms with Crippen LogP contribution in [0.1, 0.15) is 12.0 Å². The van der Waals surface area contributed by atoms with Crippen LogP contribution in [0.4, 0.5) is 15.8 Å². The number of aryl methyl sites for hydroxylation is 1. The molecule has 120 valence electrons. The molecule has 2 amide bonds. The molecule has 23 heavy (non-hydrogen) atoms. The number of rotatable bonds is 4. The second-order valence-corrected chi connectivity index (χ2v) is 6.18. The standard InChI is InChI=1S/C16H13BrClFN2O2/c1-9-6-10(17)2-5-14(9)21-16(23)8-15(22)20-11-3-4-13(19)12(18)7-11/h2-7H,8H2,1H3,(H,20,22)(H,21,23). The quantitative estimate of drug-likeness (QED) is 0.743. The molecule has 0 fully saturated rings. The topological polar surface area (TPSA) is 58.2 Å². The number of amides is 2. The molecule has 2 rings (SSSR count). The molecule has 0 bridgehead atoms. The Morgan fingerprint density at radius 2 is 1.83 bits per heavy atom. The monoisotopic (exact) mass is 398 g/mol. The van der Waals surface area contributed by atoms with Crippen molar-refractivity contribution in [2.75, 3.05) is 10.6 Å². The lowest BCUT2D eigenvalue weighted by Gasteiger charge is -2.09. The van der Waals surface area contributed by atoms with Crippen molar-refractivity contribution in [2.24, 2.45) is 0 Å². The molecule has 0 atom stereocenters. The first-order valence-electron chi connectivity index (χ1n) is 6.66. The number of nitrogens with one attached hydrogen (secondary N) is 2. The van der Waals surface area contributed by atoms with E-state index >= 15 is 0 Å². The van der Waals surface area contributed by atoms with Crippen LogP contribution in [-0.2, 0) is 9.59 Å². The van der Waals surface area contributed by atoms with Crippen molar-refractivity contribution >= 4 is 50.7 Å². The predicted molar refractivity (Wildman–Crippen MR) is 92.2 cm³/mol. The van der Waals surface area contributed by atoms with Crippen LogP contribution in [0.15, 0.2) is 40.9 Å². The molecule has 0 aliphatic heterocycles. The van der Waals surface area contributed by atoms with Gasteiger partial charge >= 0.3 is 0 Å². The first-order valence-corrected chi connectivity index (χ1v) is 7.83. The van der Waals surface area contributed by atoms with Gasteiger partial charge in [0.25, 0.3) is 0 Å². The summed E-state index contributed by atoms with van der Waals surface area (Å²) in [5, 5.41) is 5.06. The van der Waals surface area contributed by atoms with E-state index in [-0.39, 0.29) is 11.4 Å². The number of benzene rings is 2. The van der Waals surface area contributed by atoms with Gasteiger partial charge in [0.1, 0.15) is 12.2 Å². The highest BCUT2D eigenvalue weighted by Crippen LogP contribution is 2.21. The molecular formula is C16H13BrClFN2O2. The summed E-state index contributed by atoms with van der Waals surface area (Å²) in [6, 6.07) is 9.19. The molecule has 7 heteroatoms. The summed E-state index contributed by atoms with van der Waals surface area (Å²) in [4.78, 5) is 23.7. The van der Waals surface area contributed by atoms with Gasteiger partial charge in [-0.05, 0) is 48.9 Å². The fourth-order valence-corrected chi connectivity index (χ4v) is 2.54. The number of carbonyl (C=O) groups is 2. The average molecular weight is 400 g/mol. The lowest BCUT2D eigenvalue weighted by molar-refractivity contribution is -0.123. The van der Waals surface area contributed by atoms with Crippen molar-refractivity contribution in [1.82, 2.24) is 0 Å². The van der Waals surface area contributed by atoms with Gasteiger partial charge in [-0.3, -0.25) is 9.59 Å². The van der Waals surface area contributed by atoms with Crippen molar-refractivity contribution in [3.63, 3.8) is 0 Å². The Bertz CT molecular complexity index is 768. The van der Waals surface area contributed by atoms with Gasteiger partial charge in [0.05, 0.1) is 5.02 Å². The number of hydrogen-bond acceptors (Lipinski definition) is 2. The van der Waals surface area contributed by atoms with Gasteiger partial charge in [0.15, 0.2) is 0 Å². The van der Waals surface area contributed by atoms with Gasteiger partial charge in [-0.1, -0.05) is 27.5 Å². The summed E-state index contributed by atoms with van der Waals surface area (Å²) < 4.78 is 13.9. The van der Waals surface area contributed by atoms with Gasteiger partial charge in [-0.2, -0.15) is 0 Å². The Labute approximate surface area is 146 Å². The molecule has 2 aromatic carbocycles. The van der Waals surface area contributed by atoms with E-state index in [4.69, 9.17) is 11.6 Å². The first kappa shape index (κ1) is 17.4. The van der Waals surface area contributed by atoms with Crippen LogP contribution in [0, 0.1) is 12.7 Å². The maximum atomic E-state index is 13.0. The molecule has 2 N–H and O–H groups in total. The van der Waals surface area contributed by atoms with Gasteiger partial charge in [-0.25, -0.2) is 4.39 Å². The van der Waals surface area contributed by atoms with Crippen LogP contribution >= 0.6 is 27.5 Å².